The van der Waals surface area contributed by atoms with Crippen LogP contribution in [0.3, 0.4) is 0 Å². The van der Waals surface area contributed by atoms with E-state index in [1.165, 1.54) is 12.7 Å². The Hall–Kier alpha value is -0.710. The molecule has 1 unspecified atom stereocenters. The molecule has 5 nitrogen and oxygen atoms in total. The van der Waals surface area contributed by atoms with Gasteiger partial charge in [-0.15, -0.1) is 0 Å². The maximum absolute atomic E-state index is 9.52. The van der Waals surface area contributed by atoms with Crippen molar-refractivity contribution >= 4 is 9.03 Å². The summed E-state index contributed by atoms with van der Waals surface area (Å²) in [4.78, 5) is 0. The third-order valence-electron chi connectivity index (χ3n) is 4.36. The Kier molecular flexibility index (Phi) is 8.50. The highest BCUT2D eigenvalue weighted by Gasteiger charge is 2.30. The predicted octanol–water partition coefficient (Wildman–Crippen LogP) is 3.80. The van der Waals surface area contributed by atoms with Crippen LogP contribution in [0.5, 0.6) is 5.75 Å². The van der Waals surface area contributed by atoms with Crippen molar-refractivity contribution in [3.63, 3.8) is 0 Å². The van der Waals surface area contributed by atoms with E-state index in [4.69, 9.17) is 13.8 Å². The second-order valence-corrected chi connectivity index (χ2v) is 9.59. The van der Waals surface area contributed by atoms with Gasteiger partial charge in [-0.2, -0.15) is 0 Å². The minimum absolute atomic E-state index is 0.0585. The Balaban J connectivity index is 2.84. The van der Waals surface area contributed by atoms with Gasteiger partial charge in [-0.1, -0.05) is 53.7 Å². The molecule has 0 spiro atoms. The number of aliphatic hydroxyl groups is 2. The first-order valence-corrected chi connectivity index (χ1v) is 9.70. The molecular formula is C20H35O5P. The van der Waals surface area contributed by atoms with E-state index in [9.17, 15) is 10.2 Å². The average Bonchev–Trinajstić information content (AvgIpc) is 2.56. The summed E-state index contributed by atoms with van der Waals surface area (Å²) in [5, 5.41) is 19.0. The van der Waals surface area contributed by atoms with Crippen molar-refractivity contribution < 1.29 is 24.0 Å². The standard InChI is InChI=1S/C20H35O5P/c1-18(2,3)15-8-9-17(16(10-15)19(4,5)6)25-26-24-14-20(11-21,12-22)13-23-7/h8-10,21-22,26H,11-14H2,1-7H3. The third kappa shape index (κ3) is 6.47. The Morgan fingerprint density at radius 2 is 1.54 bits per heavy atom. The lowest BCUT2D eigenvalue weighted by Crippen LogP contribution is -2.38. The van der Waals surface area contributed by atoms with Crippen molar-refractivity contribution in [3.05, 3.63) is 29.3 Å². The lowest BCUT2D eigenvalue weighted by molar-refractivity contribution is -0.0376. The molecule has 26 heavy (non-hydrogen) atoms. The molecule has 0 amide bonds. The molecule has 0 saturated heterocycles. The van der Waals surface area contributed by atoms with Crippen LogP contribution in [0.1, 0.15) is 52.7 Å². The van der Waals surface area contributed by atoms with E-state index in [1.54, 1.807) is 0 Å². The van der Waals surface area contributed by atoms with Crippen molar-refractivity contribution in [1.82, 2.24) is 0 Å². The lowest BCUT2D eigenvalue weighted by Gasteiger charge is -2.29. The first kappa shape index (κ1) is 23.3. The summed E-state index contributed by atoms with van der Waals surface area (Å²) in [6.07, 6.45) is 0. The van der Waals surface area contributed by atoms with Gasteiger partial charge in [-0.3, -0.25) is 0 Å². The highest BCUT2D eigenvalue weighted by atomic mass is 31.1. The zero-order valence-corrected chi connectivity index (χ0v) is 18.2. The molecule has 0 aromatic heterocycles. The van der Waals surface area contributed by atoms with Crippen molar-refractivity contribution in [2.45, 2.75) is 52.4 Å². The highest BCUT2D eigenvalue weighted by Crippen LogP contribution is 2.38. The minimum atomic E-state index is -0.811. The first-order chi connectivity index (χ1) is 12.0. The maximum atomic E-state index is 9.52. The molecule has 0 saturated carbocycles. The van der Waals surface area contributed by atoms with Gasteiger partial charge in [0.05, 0.1) is 31.8 Å². The SMILES string of the molecule is COCC(CO)(CO)COPOc1ccc(C(C)(C)C)cc1C(C)(C)C. The number of aliphatic hydroxyl groups excluding tert-OH is 2. The van der Waals surface area contributed by atoms with Crippen LogP contribution >= 0.6 is 9.03 Å². The van der Waals surface area contributed by atoms with Crippen LogP contribution in [0.15, 0.2) is 18.2 Å². The monoisotopic (exact) mass is 386 g/mol. The molecule has 6 heteroatoms. The van der Waals surface area contributed by atoms with E-state index in [2.05, 4.69) is 53.7 Å². The smallest absolute Gasteiger partial charge is 0.215 e. The van der Waals surface area contributed by atoms with E-state index in [1.807, 2.05) is 6.07 Å². The Bertz CT molecular complexity index is 556. The van der Waals surface area contributed by atoms with Gasteiger partial charge in [0.25, 0.3) is 0 Å². The number of hydrogen-bond donors (Lipinski definition) is 2. The summed E-state index contributed by atoms with van der Waals surface area (Å²) in [6.45, 7) is 13.0. The number of hydrogen-bond acceptors (Lipinski definition) is 5. The van der Waals surface area contributed by atoms with E-state index < -0.39 is 5.41 Å². The molecule has 0 aliphatic rings. The summed E-state index contributed by atoms with van der Waals surface area (Å²) >= 11 is 0. The Morgan fingerprint density at radius 3 is 2.00 bits per heavy atom. The predicted molar refractivity (Wildman–Crippen MR) is 107 cm³/mol. The molecule has 0 radical (unpaired) electrons. The Labute approximate surface area is 160 Å². The van der Waals surface area contributed by atoms with Gasteiger partial charge in [0, 0.05) is 12.7 Å². The van der Waals surface area contributed by atoms with Crippen molar-refractivity contribution in [3.8, 4) is 5.75 Å². The first-order valence-electron chi connectivity index (χ1n) is 8.88. The van der Waals surface area contributed by atoms with Crippen LogP contribution in [0.4, 0.5) is 0 Å². The molecule has 1 rings (SSSR count). The van der Waals surface area contributed by atoms with Crippen molar-refractivity contribution in [2.75, 3.05) is 33.5 Å². The van der Waals surface area contributed by atoms with Crippen molar-refractivity contribution in [1.29, 1.82) is 0 Å². The molecule has 1 atom stereocenters. The second kappa shape index (κ2) is 9.48. The molecule has 0 aliphatic carbocycles. The molecule has 1 aromatic rings. The van der Waals surface area contributed by atoms with E-state index in [-0.39, 0.29) is 46.3 Å². The van der Waals surface area contributed by atoms with Gasteiger partial charge in [0.1, 0.15) is 5.75 Å². The molecule has 0 fully saturated rings. The fraction of sp³-hybridized carbons (Fsp3) is 0.700. The highest BCUT2D eigenvalue weighted by molar-refractivity contribution is 7.26. The molecular weight excluding hydrogens is 351 g/mol. The summed E-state index contributed by atoms with van der Waals surface area (Å²) in [7, 11) is 1.31. The number of ether oxygens (including phenoxy) is 1. The zero-order chi connectivity index (χ0) is 20.0. The summed E-state index contributed by atoms with van der Waals surface area (Å²) in [5.74, 6) is 0.800. The van der Waals surface area contributed by atoms with Crippen LogP contribution in [0, 0.1) is 5.41 Å². The molecule has 150 valence electrons. The maximum Gasteiger partial charge on any atom is 0.215 e. The minimum Gasteiger partial charge on any atom is -0.449 e. The molecule has 1 aromatic carbocycles. The van der Waals surface area contributed by atoms with Gasteiger partial charge in [0.15, 0.2) is 0 Å². The van der Waals surface area contributed by atoms with Crippen molar-refractivity contribution in [2.24, 2.45) is 5.41 Å². The van der Waals surface area contributed by atoms with Crippen LogP contribution < -0.4 is 4.52 Å². The van der Waals surface area contributed by atoms with Gasteiger partial charge in [-0.25, -0.2) is 0 Å². The molecule has 0 heterocycles. The van der Waals surface area contributed by atoms with Crippen LogP contribution in [-0.2, 0) is 20.1 Å². The zero-order valence-electron chi connectivity index (χ0n) is 17.2. The molecule has 0 bridgehead atoms. The third-order valence-corrected chi connectivity index (χ3v) is 4.93. The topological polar surface area (TPSA) is 68.2 Å². The molecule has 0 aliphatic heterocycles. The number of rotatable bonds is 9. The Morgan fingerprint density at radius 1 is 0.923 bits per heavy atom. The quantitative estimate of drug-likeness (QED) is 0.499. The summed E-state index contributed by atoms with van der Waals surface area (Å²) < 4.78 is 16.6. The normalized spacial score (nSPS) is 13.6. The van der Waals surface area contributed by atoms with E-state index >= 15 is 0 Å². The van der Waals surface area contributed by atoms with E-state index in [0.717, 1.165) is 11.3 Å². The van der Waals surface area contributed by atoms with Crippen LogP contribution in [0.2, 0.25) is 0 Å². The van der Waals surface area contributed by atoms with Gasteiger partial charge in [0.2, 0.25) is 9.03 Å². The van der Waals surface area contributed by atoms with Crippen LogP contribution in [-0.4, -0.2) is 43.8 Å². The fourth-order valence-electron chi connectivity index (χ4n) is 2.51. The largest absolute Gasteiger partial charge is 0.449 e. The number of benzene rings is 1. The summed E-state index contributed by atoms with van der Waals surface area (Å²) in [5.41, 5.74) is 1.59. The average molecular weight is 386 g/mol. The lowest BCUT2D eigenvalue weighted by atomic mass is 9.80. The van der Waals surface area contributed by atoms with Gasteiger partial charge in [-0.05, 0) is 22.5 Å². The number of methoxy groups -OCH3 is 1. The van der Waals surface area contributed by atoms with Gasteiger partial charge >= 0.3 is 0 Å². The fourth-order valence-corrected chi connectivity index (χ4v) is 3.20. The van der Waals surface area contributed by atoms with Crippen LogP contribution in [0.25, 0.3) is 0 Å². The molecule has 2 N–H and O–H groups in total. The second-order valence-electron chi connectivity index (χ2n) is 8.93. The van der Waals surface area contributed by atoms with E-state index in [0.29, 0.717) is 0 Å². The van der Waals surface area contributed by atoms with Gasteiger partial charge < -0.3 is 24.0 Å². The summed E-state index contributed by atoms with van der Waals surface area (Å²) in [6, 6.07) is 6.29.